The molecule has 0 heterocycles. The molecule has 0 aromatic heterocycles. The molecule has 0 bridgehead atoms. The minimum atomic E-state index is 0.501. The summed E-state index contributed by atoms with van der Waals surface area (Å²) < 4.78 is 3.10. The number of hydrogen-bond donors (Lipinski definition) is 0. The van der Waals surface area contributed by atoms with Crippen LogP contribution in [0, 0.1) is 0 Å². The van der Waals surface area contributed by atoms with Crippen LogP contribution >= 0.6 is 11.8 Å². The van der Waals surface area contributed by atoms with Gasteiger partial charge in [-0.05, 0) is 12.8 Å². The van der Waals surface area contributed by atoms with Gasteiger partial charge in [0.2, 0.25) is 0 Å². The van der Waals surface area contributed by atoms with Crippen molar-refractivity contribution in [1.82, 2.24) is 0 Å². The molecule has 0 aromatic carbocycles. The van der Waals surface area contributed by atoms with E-state index in [0.717, 1.165) is 43.8 Å². The van der Waals surface area contributed by atoms with Crippen molar-refractivity contribution in [3.05, 3.63) is 0 Å². The van der Waals surface area contributed by atoms with Crippen molar-refractivity contribution in [2.24, 2.45) is 3.20 Å². The summed E-state index contributed by atoms with van der Waals surface area (Å²) in [6.45, 7) is 0. The van der Waals surface area contributed by atoms with Crippen LogP contribution in [0.5, 0.6) is 0 Å². The molecule has 2 nitrogen and oxygen atoms in total. The molecule has 0 N–H and O–H groups in total. The predicted octanol–water partition coefficient (Wildman–Crippen LogP) is 4.73. The zero-order valence-corrected chi connectivity index (χ0v) is 13.9. The molecule has 0 spiro atoms. The Labute approximate surface area is 114 Å². The van der Waals surface area contributed by atoms with Gasteiger partial charge < -0.3 is 0 Å². The van der Waals surface area contributed by atoms with Gasteiger partial charge in [0, 0.05) is 12.8 Å². The third-order valence-corrected chi connectivity index (χ3v) is 2.91. The van der Waals surface area contributed by atoms with Crippen LogP contribution in [0.4, 0.5) is 0 Å². The predicted molar refractivity (Wildman–Crippen MR) is 64.1 cm³/mol. The van der Waals surface area contributed by atoms with Gasteiger partial charge in [0.1, 0.15) is 5.78 Å². The summed E-state index contributed by atoms with van der Waals surface area (Å²) in [7, 11) is 0. The van der Waals surface area contributed by atoms with E-state index in [1.54, 1.807) is 0 Å². The Kier molecular flexibility index (Phi) is 13.8. The maximum absolute atomic E-state index is 11.3. The van der Waals surface area contributed by atoms with E-state index in [1.807, 2.05) is 0 Å². The Balaban J connectivity index is 0.000000673. The van der Waals surface area contributed by atoms with Crippen LogP contribution in [0.15, 0.2) is 3.20 Å². The van der Waals surface area contributed by atoms with Crippen LogP contribution in [0.2, 0.25) is 0 Å². The number of hydrogen-bond acceptors (Lipinski definition) is 2. The average molecular weight is 297 g/mol. The fourth-order valence-electron chi connectivity index (χ4n) is 2.01. The molecule has 0 aromatic rings. The Morgan fingerprint density at radius 3 is 1.38 bits per heavy atom. The first-order valence-corrected chi connectivity index (χ1v) is 8.06. The summed E-state index contributed by atoms with van der Waals surface area (Å²) in [5, 5.41) is 0. The second-order valence-electron chi connectivity index (χ2n) is 4.34. The van der Waals surface area contributed by atoms with Gasteiger partial charge in [-0.25, -0.2) is 0 Å². The maximum Gasteiger partial charge on any atom is 0.132 e. The number of ketones is 1. The third kappa shape index (κ3) is 12.5. The average Bonchev–Trinajstić information content (AvgIpc) is 2.24. The summed E-state index contributed by atoms with van der Waals surface area (Å²) in [6.07, 6.45) is 13.4. The summed E-state index contributed by atoms with van der Waals surface area (Å²) in [5.41, 5.74) is 0. The summed E-state index contributed by atoms with van der Waals surface area (Å²) >= 11 is 5.51. The van der Waals surface area contributed by atoms with E-state index in [9.17, 15) is 4.79 Å². The molecule has 16 heavy (non-hydrogen) atoms. The molecular weight excluding hydrogens is 275 g/mol. The van der Waals surface area contributed by atoms with Gasteiger partial charge >= 0.3 is 33.1 Å². The van der Waals surface area contributed by atoms with Gasteiger partial charge in [0.15, 0.2) is 0 Å². The van der Waals surface area contributed by atoms with Gasteiger partial charge in [-0.2, -0.15) is 0 Å². The molecule has 0 radical (unpaired) electrons. The fourth-order valence-corrected chi connectivity index (χ4v) is 2.01. The summed E-state index contributed by atoms with van der Waals surface area (Å²) in [5.74, 6) is 0.501. The van der Waals surface area contributed by atoms with Crippen LogP contribution in [-0.2, 0) is 22.9 Å². The molecule has 90 valence electrons. The normalized spacial score (nSPS) is 19.8. The van der Waals surface area contributed by atoms with Crippen molar-refractivity contribution in [2.75, 3.05) is 0 Å². The Morgan fingerprint density at radius 2 is 1.06 bits per heavy atom. The van der Waals surface area contributed by atoms with Crippen molar-refractivity contribution in [3.8, 4) is 0 Å². The van der Waals surface area contributed by atoms with Crippen LogP contribution in [0.25, 0.3) is 0 Å². The van der Waals surface area contributed by atoms with E-state index in [4.69, 9.17) is 0 Å². The molecule has 0 unspecified atom stereocenters. The molecule has 1 fully saturated rings. The standard InChI is InChI=1S/C12H22O.ClN.Zn/c13-12-10-8-6-4-2-1-3-5-7-9-11-12;1-2;/h1-11H2;;. The summed E-state index contributed by atoms with van der Waals surface area (Å²) in [6, 6.07) is 0. The number of halogens is 1. The van der Waals surface area contributed by atoms with Crippen molar-refractivity contribution in [2.45, 2.75) is 70.6 Å². The van der Waals surface area contributed by atoms with Crippen LogP contribution in [0.3, 0.4) is 0 Å². The molecule has 0 amide bonds. The maximum atomic E-state index is 11.3. The molecular formula is C12H22ClNOZn. The smallest absolute Gasteiger partial charge is 0.132 e. The van der Waals surface area contributed by atoms with Crippen LogP contribution in [0.1, 0.15) is 70.6 Å². The molecule has 1 rings (SSSR count). The van der Waals surface area contributed by atoms with E-state index in [2.05, 4.69) is 15.0 Å². The Hall–Kier alpha value is 0.383. The van der Waals surface area contributed by atoms with Gasteiger partial charge in [-0.15, -0.1) is 0 Å². The molecule has 0 atom stereocenters. The largest absolute Gasteiger partial charge is 0.300 e. The molecule has 1 saturated carbocycles. The summed E-state index contributed by atoms with van der Waals surface area (Å²) in [4.78, 5) is 11.3. The van der Waals surface area contributed by atoms with Gasteiger partial charge in [-0.1, -0.05) is 44.9 Å². The first-order chi connectivity index (χ1) is 7.81. The second-order valence-corrected chi connectivity index (χ2v) is 6.08. The topological polar surface area (TPSA) is 29.4 Å². The Morgan fingerprint density at radius 1 is 0.812 bits per heavy atom. The minimum Gasteiger partial charge on any atom is -0.300 e. The number of nitrogens with zero attached hydrogens (tertiary/aromatic N) is 1. The third-order valence-electron chi connectivity index (χ3n) is 2.91. The zero-order chi connectivity index (χ0) is 12.1. The first-order valence-electron chi connectivity index (χ1n) is 6.40. The van der Waals surface area contributed by atoms with Crippen LogP contribution in [-0.4, -0.2) is 5.78 Å². The second kappa shape index (κ2) is 13.4. The number of carbonyl (C=O) groups excluding carboxylic acids is 1. The van der Waals surface area contributed by atoms with Gasteiger partial charge in [0.05, 0.1) is 0 Å². The quantitative estimate of drug-likeness (QED) is 0.594. The van der Waals surface area contributed by atoms with E-state index in [-0.39, 0.29) is 0 Å². The number of carbonyl (C=O) groups is 1. The molecule has 1 aliphatic carbocycles. The SMILES string of the molecule is Cl[N]=[Zn].O=C1CCCCCCCCCCC1. The van der Waals surface area contributed by atoms with E-state index in [0.29, 0.717) is 5.78 Å². The number of Topliss-reactive ketones (excluding diaryl/α,β-unsaturated/α-hetero) is 1. The zero-order valence-electron chi connectivity index (χ0n) is 10.2. The molecule has 0 aliphatic heterocycles. The molecule has 4 heteroatoms. The van der Waals surface area contributed by atoms with Crippen LogP contribution < -0.4 is 0 Å². The first kappa shape index (κ1) is 16.4. The van der Waals surface area contributed by atoms with Crippen molar-refractivity contribution < 1.29 is 22.9 Å². The molecule has 0 saturated heterocycles. The minimum absolute atomic E-state index is 0.501. The van der Waals surface area contributed by atoms with Crippen molar-refractivity contribution in [1.29, 1.82) is 0 Å². The van der Waals surface area contributed by atoms with E-state index < -0.39 is 0 Å². The van der Waals surface area contributed by atoms with Gasteiger partial charge in [0.25, 0.3) is 0 Å². The van der Waals surface area contributed by atoms with E-state index in [1.165, 1.54) is 44.9 Å². The van der Waals surface area contributed by atoms with E-state index >= 15 is 0 Å². The van der Waals surface area contributed by atoms with Gasteiger partial charge in [-0.3, -0.25) is 4.79 Å². The van der Waals surface area contributed by atoms with Crippen molar-refractivity contribution >= 4 is 17.6 Å². The fraction of sp³-hybridized carbons (Fsp3) is 0.917. The van der Waals surface area contributed by atoms with Crippen molar-refractivity contribution in [3.63, 3.8) is 0 Å². The number of rotatable bonds is 0. The monoisotopic (exact) mass is 295 g/mol. The molecule has 1 aliphatic rings. The Bertz CT molecular complexity index is 174.